The fraction of sp³-hybridized carbons (Fsp3) is 0.222. The topological polar surface area (TPSA) is 29.5 Å². The highest BCUT2D eigenvalue weighted by molar-refractivity contribution is 5.47. The van der Waals surface area contributed by atoms with Gasteiger partial charge in [0, 0.05) is 0 Å². The van der Waals surface area contributed by atoms with Gasteiger partial charge in [-0.05, 0) is 18.1 Å². The highest BCUT2D eigenvalue weighted by Gasteiger charge is 2.14. The zero-order chi connectivity index (χ0) is 8.39. The Morgan fingerprint density at radius 3 is 3.08 bits per heavy atom. The summed E-state index contributed by atoms with van der Waals surface area (Å²) in [6.07, 6.45) is 1.57. The number of hydroxylamine groups is 2. The number of para-hydroxylation sites is 1. The molecule has 62 valence electrons. The number of carbonyl (C=O) groups excluding carboxylic acids is 1. The molecule has 1 aromatic carbocycles. The minimum absolute atomic E-state index is 0.639. The van der Waals surface area contributed by atoms with Gasteiger partial charge in [0.1, 0.15) is 0 Å². The molecule has 0 atom stereocenters. The molecule has 0 radical (unpaired) electrons. The van der Waals surface area contributed by atoms with E-state index in [9.17, 15) is 4.79 Å². The Bertz CT molecular complexity index is 298. The molecular weight excluding hydrogens is 154 g/mol. The Kier molecular flexibility index (Phi) is 1.70. The van der Waals surface area contributed by atoms with E-state index in [4.69, 9.17) is 4.84 Å². The lowest BCUT2D eigenvalue weighted by Crippen LogP contribution is -2.32. The van der Waals surface area contributed by atoms with Gasteiger partial charge in [-0.25, -0.2) is 0 Å². The van der Waals surface area contributed by atoms with Crippen molar-refractivity contribution in [2.75, 3.05) is 6.54 Å². The van der Waals surface area contributed by atoms with Crippen molar-refractivity contribution in [3.63, 3.8) is 0 Å². The Morgan fingerprint density at radius 2 is 2.25 bits per heavy atom. The molecule has 3 heteroatoms. The first-order valence-electron chi connectivity index (χ1n) is 3.88. The number of amides is 1. The van der Waals surface area contributed by atoms with Crippen molar-refractivity contribution in [1.29, 1.82) is 0 Å². The molecule has 2 rings (SSSR count). The molecule has 0 unspecified atom stereocenters. The SMILES string of the molecule is O=CN1CCc2ccccc2O1. The normalized spacial score (nSPS) is 14.8. The summed E-state index contributed by atoms with van der Waals surface area (Å²) in [5, 5.41) is 1.31. The van der Waals surface area contributed by atoms with E-state index in [0.717, 1.165) is 17.7 Å². The second kappa shape index (κ2) is 2.85. The van der Waals surface area contributed by atoms with Gasteiger partial charge in [-0.1, -0.05) is 18.2 Å². The molecule has 0 N–H and O–H groups in total. The largest absolute Gasteiger partial charge is 0.377 e. The van der Waals surface area contributed by atoms with Gasteiger partial charge in [0.15, 0.2) is 5.75 Å². The maximum atomic E-state index is 10.4. The molecule has 1 heterocycles. The molecule has 1 aliphatic heterocycles. The molecule has 1 amide bonds. The van der Waals surface area contributed by atoms with Crippen LogP contribution in [0.5, 0.6) is 5.75 Å². The standard InChI is InChI=1S/C9H9NO2/c11-7-10-6-5-8-3-1-2-4-9(8)12-10/h1-4,7H,5-6H2. The summed E-state index contributed by atoms with van der Waals surface area (Å²) in [5.41, 5.74) is 1.16. The molecule has 0 spiro atoms. The second-order valence-corrected chi connectivity index (χ2v) is 2.70. The van der Waals surface area contributed by atoms with Crippen molar-refractivity contribution < 1.29 is 9.63 Å². The van der Waals surface area contributed by atoms with Gasteiger partial charge in [0.25, 0.3) is 0 Å². The maximum Gasteiger partial charge on any atom is 0.242 e. The van der Waals surface area contributed by atoms with Crippen molar-refractivity contribution >= 4 is 6.41 Å². The minimum Gasteiger partial charge on any atom is -0.377 e. The van der Waals surface area contributed by atoms with Crippen LogP contribution >= 0.6 is 0 Å². The maximum absolute atomic E-state index is 10.4. The molecule has 0 aliphatic carbocycles. The Hall–Kier alpha value is -1.51. The summed E-state index contributed by atoms with van der Waals surface area (Å²) in [6.45, 7) is 0.639. The molecule has 12 heavy (non-hydrogen) atoms. The quantitative estimate of drug-likeness (QED) is 0.578. The van der Waals surface area contributed by atoms with Crippen molar-refractivity contribution in [2.45, 2.75) is 6.42 Å². The van der Waals surface area contributed by atoms with Crippen LogP contribution in [0.15, 0.2) is 24.3 Å². The fourth-order valence-corrected chi connectivity index (χ4v) is 1.28. The van der Waals surface area contributed by atoms with Gasteiger partial charge in [0.05, 0.1) is 6.54 Å². The van der Waals surface area contributed by atoms with Crippen molar-refractivity contribution in [3.8, 4) is 5.75 Å². The van der Waals surface area contributed by atoms with Crippen LogP contribution in [0.2, 0.25) is 0 Å². The van der Waals surface area contributed by atoms with Crippen LogP contribution in [0, 0.1) is 0 Å². The first-order valence-corrected chi connectivity index (χ1v) is 3.88. The molecule has 0 bridgehead atoms. The lowest BCUT2D eigenvalue weighted by atomic mass is 10.1. The van der Waals surface area contributed by atoms with Crippen molar-refractivity contribution in [3.05, 3.63) is 29.8 Å². The first-order chi connectivity index (χ1) is 5.90. The van der Waals surface area contributed by atoms with E-state index in [1.54, 1.807) is 0 Å². The van der Waals surface area contributed by atoms with Gasteiger partial charge in [0.2, 0.25) is 6.41 Å². The van der Waals surface area contributed by atoms with Crippen LogP contribution < -0.4 is 4.84 Å². The third-order valence-corrected chi connectivity index (χ3v) is 1.91. The highest BCUT2D eigenvalue weighted by Crippen LogP contribution is 2.22. The van der Waals surface area contributed by atoms with Gasteiger partial charge >= 0.3 is 0 Å². The van der Waals surface area contributed by atoms with Crippen molar-refractivity contribution in [1.82, 2.24) is 5.06 Å². The summed E-state index contributed by atoms with van der Waals surface area (Å²) in [6, 6.07) is 7.74. The molecule has 0 saturated carbocycles. The zero-order valence-corrected chi connectivity index (χ0v) is 6.56. The Balaban J connectivity index is 2.28. The van der Waals surface area contributed by atoms with Crippen LogP contribution in [-0.4, -0.2) is 18.0 Å². The van der Waals surface area contributed by atoms with E-state index in [1.165, 1.54) is 5.06 Å². The monoisotopic (exact) mass is 163 g/mol. The fourth-order valence-electron chi connectivity index (χ4n) is 1.28. The first kappa shape index (κ1) is 7.16. The molecule has 0 fully saturated rings. The van der Waals surface area contributed by atoms with Crippen LogP contribution in [-0.2, 0) is 11.2 Å². The van der Waals surface area contributed by atoms with Gasteiger partial charge < -0.3 is 4.84 Å². The van der Waals surface area contributed by atoms with E-state index in [-0.39, 0.29) is 0 Å². The van der Waals surface area contributed by atoms with Gasteiger partial charge in [-0.3, -0.25) is 4.79 Å². The number of nitrogens with zero attached hydrogens (tertiary/aromatic N) is 1. The number of hydrogen-bond acceptors (Lipinski definition) is 2. The number of rotatable bonds is 1. The number of hydrogen-bond donors (Lipinski definition) is 0. The average Bonchev–Trinajstić information content (AvgIpc) is 2.17. The van der Waals surface area contributed by atoms with Crippen molar-refractivity contribution in [2.24, 2.45) is 0 Å². The minimum atomic E-state index is 0.639. The second-order valence-electron chi connectivity index (χ2n) is 2.70. The number of carbonyl (C=O) groups is 1. The van der Waals surface area contributed by atoms with Gasteiger partial charge in [-0.2, -0.15) is 5.06 Å². The number of benzene rings is 1. The van der Waals surface area contributed by atoms with E-state index in [1.807, 2.05) is 24.3 Å². The summed E-state index contributed by atoms with van der Waals surface area (Å²) in [7, 11) is 0. The predicted molar refractivity (Wildman–Crippen MR) is 43.5 cm³/mol. The molecule has 3 nitrogen and oxygen atoms in total. The molecule has 0 saturated heterocycles. The van der Waals surface area contributed by atoms with Crippen LogP contribution in [0.3, 0.4) is 0 Å². The summed E-state index contributed by atoms with van der Waals surface area (Å²) in [4.78, 5) is 15.6. The smallest absolute Gasteiger partial charge is 0.242 e. The van der Waals surface area contributed by atoms with E-state index in [0.29, 0.717) is 13.0 Å². The molecular formula is C9H9NO2. The molecule has 0 aromatic heterocycles. The third kappa shape index (κ3) is 1.13. The summed E-state index contributed by atoms with van der Waals surface area (Å²) < 4.78 is 0. The third-order valence-electron chi connectivity index (χ3n) is 1.91. The Labute approximate surface area is 70.5 Å². The summed E-state index contributed by atoms with van der Waals surface area (Å²) >= 11 is 0. The van der Waals surface area contributed by atoms with Crippen LogP contribution in [0.4, 0.5) is 0 Å². The van der Waals surface area contributed by atoms with Crippen LogP contribution in [0.1, 0.15) is 5.56 Å². The predicted octanol–water partition coefficient (Wildman–Crippen LogP) is 0.995. The highest BCUT2D eigenvalue weighted by atomic mass is 16.7. The average molecular weight is 163 g/mol. The molecule has 1 aliphatic rings. The van der Waals surface area contributed by atoms with E-state index < -0.39 is 0 Å². The lowest BCUT2D eigenvalue weighted by molar-refractivity contribution is -0.143. The summed E-state index contributed by atoms with van der Waals surface area (Å²) in [5.74, 6) is 0.788. The number of fused-ring (bicyclic) bond motifs is 1. The van der Waals surface area contributed by atoms with E-state index >= 15 is 0 Å². The zero-order valence-electron chi connectivity index (χ0n) is 6.56. The van der Waals surface area contributed by atoms with E-state index in [2.05, 4.69) is 0 Å². The van der Waals surface area contributed by atoms with Gasteiger partial charge in [-0.15, -0.1) is 0 Å². The Morgan fingerprint density at radius 1 is 1.42 bits per heavy atom. The molecule has 1 aromatic rings. The lowest BCUT2D eigenvalue weighted by Gasteiger charge is -2.24. The van der Waals surface area contributed by atoms with Crippen LogP contribution in [0.25, 0.3) is 0 Å².